The van der Waals surface area contributed by atoms with E-state index in [4.69, 9.17) is 13.9 Å². The molecule has 0 saturated carbocycles. The topological polar surface area (TPSA) is 35.5 Å². The van der Waals surface area contributed by atoms with Crippen molar-refractivity contribution >= 4 is 11.2 Å². The Morgan fingerprint density at radius 3 is 2.32 bits per heavy atom. The highest BCUT2D eigenvalue weighted by atomic mass is 17.0. The molecular weight excluding hydrogens is 276 g/mol. The zero-order valence-corrected chi connectivity index (χ0v) is 11.7. The summed E-state index contributed by atoms with van der Waals surface area (Å²) >= 11 is 0. The van der Waals surface area contributed by atoms with Crippen molar-refractivity contribution in [3.05, 3.63) is 83.4 Å². The summed E-state index contributed by atoms with van der Waals surface area (Å²) in [5, 5.41) is 0. The second-order valence-electron chi connectivity index (χ2n) is 5.45. The average molecular weight is 288 g/mol. The Bertz CT molecular complexity index is 963. The van der Waals surface area contributed by atoms with Gasteiger partial charge in [0.15, 0.2) is 0 Å². The lowest BCUT2D eigenvalue weighted by Gasteiger charge is -2.28. The van der Waals surface area contributed by atoms with Crippen molar-refractivity contribution < 1.29 is 13.9 Å². The maximum atomic E-state index is 6.06. The SMILES string of the molecule is c1ccc(C2c3ccccc3Oc3ccc4ooc4c32)cc1. The molecule has 0 bridgehead atoms. The van der Waals surface area contributed by atoms with Gasteiger partial charge in [-0.1, -0.05) is 48.5 Å². The van der Waals surface area contributed by atoms with Crippen LogP contribution in [-0.2, 0) is 0 Å². The minimum atomic E-state index is 0.0833. The second kappa shape index (κ2) is 4.28. The smallest absolute Gasteiger partial charge is 0.233 e. The fourth-order valence-corrected chi connectivity index (χ4v) is 3.21. The summed E-state index contributed by atoms with van der Waals surface area (Å²) in [5.41, 5.74) is 4.94. The summed E-state index contributed by atoms with van der Waals surface area (Å²) < 4.78 is 16.4. The van der Waals surface area contributed by atoms with Crippen molar-refractivity contribution in [2.45, 2.75) is 5.92 Å². The second-order valence-corrected chi connectivity index (χ2v) is 5.45. The van der Waals surface area contributed by atoms with Crippen LogP contribution in [0.5, 0.6) is 11.5 Å². The predicted molar refractivity (Wildman–Crippen MR) is 82.4 cm³/mol. The number of benzene rings is 3. The van der Waals surface area contributed by atoms with Crippen molar-refractivity contribution in [3.63, 3.8) is 0 Å². The lowest BCUT2D eigenvalue weighted by Crippen LogP contribution is -2.12. The average Bonchev–Trinajstić information content (AvgIpc) is 2.54. The van der Waals surface area contributed by atoms with Crippen LogP contribution in [0.15, 0.2) is 75.9 Å². The Balaban J connectivity index is 1.84. The molecular formula is C19H12O3. The minimum absolute atomic E-state index is 0.0833. The predicted octanol–water partition coefficient (Wildman–Crippen LogP) is 5.31. The Morgan fingerprint density at radius 1 is 0.682 bits per heavy atom. The van der Waals surface area contributed by atoms with Gasteiger partial charge in [-0.05, 0) is 23.8 Å². The van der Waals surface area contributed by atoms with Gasteiger partial charge in [0.25, 0.3) is 0 Å². The Hall–Kier alpha value is -2.94. The molecule has 3 heteroatoms. The number of rotatable bonds is 1. The molecule has 106 valence electrons. The number of ether oxygens (including phenoxy) is 1. The number of fused-ring (bicyclic) bond motifs is 4. The molecule has 0 saturated heterocycles. The third-order valence-corrected chi connectivity index (χ3v) is 4.21. The van der Waals surface area contributed by atoms with E-state index in [1.54, 1.807) is 0 Å². The molecule has 0 aliphatic carbocycles. The van der Waals surface area contributed by atoms with Crippen LogP contribution in [0.2, 0.25) is 0 Å². The normalized spacial score (nSPS) is 16.1. The molecule has 4 aromatic rings. The molecule has 0 N–H and O–H groups in total. The van der Waals surface area contributed by atoms with Crippen LogP contribution in [0.4, 0.5) is 0 Å². The molecule has 3 nitrogen and oxygen atoms in total. The molecule has 5 rings (SSSR count). The standard InChI is InChI=1S/C19H12O3/c1-2-6-12(7-3-1)17-13-8-4-5-9-14(13)20-15-10-11-16-19(18(15)17)22-21-16/h1-11,17H. The molecule has 0 fully saturated rings. The van der Waals surface area contributed by atoms with E-state index in [1.807, 2.05) is 36.4 Å². The van der Waals surface area contributed by atoms with Crippen molar-refractivity contribution in [2.75, 3.05) is 0 Å². The summed E-state index contributed by atoms with van der Waals surface area (Å²) in [6.45, 7) is 0. The summed E-state index contributed by atoms with van der Waals surface area (Å²) in [4.78, 5) is 0. The molecule has 1 atom stereocenters. The molecule has 0 spiro atoms. The molecule has 0 radical (unpaired) electrons. The maximum Gasteiger partial charge on any atom is 0.233 e. The van der Waals surface area contributed by atoms with Crippen molar-refractivity contribution in [3.8, 4) is 11.5 Å². The largest absolute Gasteiger partial charge is 0.457 e. The van der Waals surface area contributed by atoms with Gasteiger partial charge in [0.1, 0.15) is 11.5 Å². The fraction of sp³-hybridized carbons (Fsp3) is 0.0526. The summed E-state index contributed by atoms with van der Waals surface area (Å²) in [6.07, 6.45) is 0. The van der Waals surface area contributed by atoms with Crippen LogP contribution < -0.4 is 4.74 Å². The van der Waals surface area contributed by atoms with E-state index in [0.29, 0.717) is 0 Å². The molecule has 1 aromatic heterocycles. The monoisotopic (exact) mass is 288 g/mol. The summed E-state index contributed by atoms with van der Waals surface area (Å²) in [6, 6.07) is 22.4. The first-order valence-electron chi connectivity index (χ1n) is 7.25. The molecule has 3 aromatic carbocycles. The molecule has 0 amide bonds. The number of hydrogen-bond donors (Lipinski definition) is 0. The molecule has 1 aliphatic rings. The Labute approximate surface area is 126 Å². The highest BCUT2D eigenvalue weighted by Gasteiger charge is 2.33. The highest BCUT2D eigenvalue weighted by Crippen LogP contribution is 2.50. The van der Waals surface area contributed by atoms with Gasteiger partial charge in [-0.3, -0.25) is 9.15 Å². The first-order valence-corrected chi connectivity index (χ1v) is 7.25. The lowest BCUT2D eigenvalue weighted by atomic mass is 9.82. The van der Waals surface area contributed by atoms with E-state index in [2.05, 4.69) is 30.3 Å². The highest BCUT2D eigenvalue weighted by molar-refractivity contribution is 5.81. The summed E-state index contributed by atoms with van der Waals surface area (Å²) in [5.74, 6) is 1.80. The Morgan fingerprint density at radius 2 is 1.50 bits per heavy atom. The van der Waals surface area contributed by atoms with Gasteiger partial charge in [0.2, 0.25) is 11.2 Å². The maximum absolute atomic E-state index is 6.06. The van der Waals surface area contributed by atoms with Gasteiger partial charge < -0.3 is 4.74 Å². The molecule has 22 heavy (non-hydrogen) atoms. The number of hydrogen-bond acceptors (Lipinski definition) is 3. The van der Waals surface area contributed by atoms with Gasteiger partial charge in [-0.15, -0.1) is 0 Å². The quantitative estimate of drug-likeness (QED) is 0.392. The van der Waals surface area contributed by atoms with E-state index in [0.717, 1.165) is 33.8 Å². The molecule has 2 heterocycles. The van der Waals surface area contributed by atoms with Crippen LogP contribution in [0.3, 0.4) is 0 Å². The van der Waals surface area contributed by atoms with E-state index in [-0.39, 0.29) is 5.92 Å². The first-order chi connectivity index (χ1) is 10.9. The molecule has 1 unspecified atom stereocenters. The van der Waals surface area contributed by atoms with Crippen LogP contribution in [0.25, 0.3) is 11.2 Å². The minimum Gasteiger partial charge on any atom is -0.457 e. The molecule has 1 aliphatic heterocycles. The fourth-order valence-electron chi connectivity index (χ4n) is 3.21. The van der Waals surface area contributed by atoms with E-state index >= 15 is 0 Å². The van der Waals surface area contributed by atoms with Crippen LogP contribution >= 0.6 is 0 Å². The lowest BCUT2D eigenvalue weighted by molar-refractivity contribution is 0.0576. The van der Waals surface area contributed by atoms with Crippen LogP contribution in [-0.4, -0.2) is 0 Å². The zero-order chi connectivity index (χ0) is 14.5. The summed E-state index contributed by atoms with van der Waals surface area (Å²) in [7, 11) is 0. The van der Waals surface area contributed by atoms with E-state index in [9.17, 15) is 0 Å². The van der Waals surface area contributed by atoms with Crippen LogP contribution in [0, 0.1) is 0 Å². The van der Waals surface area contributed by atoms with Gasteiger partial charge in [0.05, 0.1) is 5.56 Å². The van der Waals surface area contributed by atoms with Gasteiger partial charge in [-0.25, -0.2) is 0 Å². The van der Waals surface area contributed by atoms with Crippen LogP contribution in [0.1, 0.15) is 22.6 Å². The van der Waals surface area contributed by atoms with Gasteiger partial charge in [-0.2, -0.15) is 0 Å². The van der Waals surface area contributed by atoms with E-state index < -0.39 is 0 Å². The third-order valence-electron chi connectivity index (χ3n) is 4.21. The first kappa shape index (κ1) is 11.7. The number of para-hydroxylation sites is 1. The van der Waals surface area contributed by atoms with Crippen molar-refractivity contribution in [2.24, 2.45) is 0 Å². The van der Waals surface area contributed by atoms with Gasteiger partial charge in [0, 0.05) is 11.5 Å². The van der Waals surface area contributed by atoms with Crippen molar-refractivity contribution in [1.29, 1.82) is 0 Å². The zero-order valence-electron chi connectivity index (χ0n) is 11.7. The van der Waals surface area contributed by atoms with Gasteiger partial charge >= 0.3 is 0 Å². The third kappa shape index (κ3) is 1.51. The van der Waals surface area contributed by atoms with E-state index in [1.165, 1.54) is 5.56 Å². The Kier molecular flexibility index (Phi) is 2.27. The van der Waals surface area contributed by atoms with Crippen molar-refractivity contribution in [1.82, 2.24) is 0 Å².